The minimum atomic E-state index is -0.686. The van der Waals surface area contributed by atoms with Gasteiger partial charge in [0.25, 0.3) is 0 Å². The zero-order chi connectivity index (χ0) is 17.5. The van der Waals surface area contributed by atoms with E-state index in [1.165, 1.54) is 12.7 Å². The van der Waals surface area contributed by atoms with Crippen molar-refractivity contribution in [1.29, 1.82) is 0 Å². The Morgan fingerprint density at radius 1 is 1.12 bits per heavy atom. The van der Waals surface area contributed by atoms with E-state index in [1.807, 2.05) is 49.4 Å². The average Bonchev–Trinajstić information content (AvgIpc) is 2.60. The Hall–Kier alpha value is -2.53. The summed E-state index contributed by atoms with van der Waals surface area (Å²) < 4.78 is 15.9. The van der Waals surface area contributed by atoms with Gasteiger partial charge in [-0.2, -0.15) is 0 Å². The normalized spacial score (nSPS) is 11.7. The van der Waals surface area contributed by atoms with Crippen molar-refractivity contribution in [2.45, 2.75) is 26.0 Å². The molecule has 0 saturated heterocycles. The van der Waals surface area contributed by atoms with Crippen molar-refractivity contribution in [2.75, 3.05) is 14.2 Å². The van der Waals surface area contributed by atoms with Gasteiger partial charge in [0.2, 0.25) is 0 Å². The van der Waals surface area contributed by atoms with Gasteiger partial charge in [-0.15, -0.1) is 0 Å². The van der Waals surface area contributed by atoms with E-state index < -0.39 is 12.0 Å². The van der Waals surface area contributed by atoms with E-state index in [4.69, 9.17) is 15.2 Å². The second-order valence-electron chi connectivity index (χ2n) is 5.58. The molecular weight excluding hydrogens is 306 g/mol. The monoisotopic (exact) mass is 329 g/mol. The van der Waals surface area contributed by atoms with E-state index in [-0.39, 0.29) is 0 Å². The number of aryl methyl sites for hydroxylation is 1. The van der Waals surface area contributed by atoms with Crippen LogP contribution in [-0.2, 0) is 22.6 Å². The molecule has 0 amide bonds. The molecule has 128 valence electrons. The quantitative estimate of drug-likeness (QED) is 0.791. The van der Waals surface area contributed by atoms with Crippen LogP contribution in [0.4, 0.5) is 0 Å². The standard InChI is InChI=1S/C19H23NO4/c1-13-4-7-16(8-5-13)24-12-15-10-14(6-9-18(15)22-2)11-17(20)19(21)23-3/h4-10,17H,11-12,20H2,1-3H3. The molecule has 0 fully saturated rings. The van der Waals surface area contributed by atoms with Crippen molar-refractivity contribution >= 4 is 5.97 Å². The van der Waals surface area contributed by atoms with E-state index in [2.05, 4.69) is 4.74 Å². The van der Waals surface area contributed by atoms with Crippen molar-refractivity contribution in [3.63, 3.8) is 0 Å². The first kappa shape index (κ1) is 17.8. The fourth-order valence-electron chi connectivity index (χ4n) is 2.36. The largest absolute Gasteiger partial charge is 0.496 e. The lowest BCUT2D eigenvalue weighted by Crippen LogP contribution is -2.33. The maximum atomic E-state index is 11.5. The highest BCUT2D eigenvalue weighted by Gasteiger charge is 2.15. The van der Waals surface area contributed by atoms with Gasteiger partial charge in [-0.3, -0.25) is 4.79 Å². The smallest absolute Gasteiger partial charge is 0.322 e. The molecule has 0 spiro atoms. The van der Waals surface area contributed by atoms with Gasteiger partial charge in [-0.05, 0) is 43.2 Å². The lowest BCUT2D eigenvalue weighted by molar-refractivity contribution is -0.142. The SMILES string of the molecule is COC(=O)C(N)Cc1ccc(OC)c(COc2ccc(C)cc2)c1. The topological polar surface area (TPSA) is 70.8 Å². The predicted octanol–water partition coefficient (Wildman–Crippen LogP) is 2.63. The van der Waals surface area contributed by atoms with E-state index in [0.29, 0.717) is 13.0 Å². The van der Waals surface area contributed by atoms with Crippen LogP contribution >= 0.6 is 0 Å². The molecule has 1 unspecified atom stereocenters. The van der Waals surface area contributed by atoms with Crippen LogP contribution in [0, 0.1) is 6.92 Å². The number of ether oxygens (including phenoxy) is 3. The number of rotatable bonds is 7. The predicted molar refractivity (Wildman–Crippen MR) is 92.2 cm³/mol. The third kappa shape index (κ3) is 4.73. The summed E-state index contributed by atoms with van der Waals surface area (Å²) in [6, 6.07) is 12.9. The van der Waals surface area contributed by atoms with Crippen molar-refractivity contribution < 1.29 is 19.0 Å². The Bertz CT molecular complexity index is 682. The van der Waals surface area contributed by atoms with Crippen LogP contribution in [0.25, 0.3) is 0 Å². The molecule has 0 radical (unpaired) electrons. The van der Waals surface area contributed by atoms with Gasteiger partial charge in [0.05, 0.1) is 14.2 Å². The molecule has 0 aliphatic heterocycles. The third-order valence-corrected chi connectivity index (χ3v) is 3.72. The summed E-state index contributed by atoms with van der Waals surface area (Å²) >= 11 is 0. The minimum Gasteiger partial charge on any atom is -0.496 e. The zero-order valence-corrected chi connectivity index (χ0v) is 14.2. The van der Waals surface area contributed by atoms with Gasteiger partial charge >= 0.3 is 5.97 Å². The highest BCUT2D eigenvalue weighted by molar-refractivity contribution is 5.75. The summed E-state index contributed by atoms with van der Waals surface area (Å²) in [7, 11) is 2.95. The number of carbonyl (C=O) groups excluding carboxylic acids is 1. The number of carbonyl (C=O) groups is 1. The number of benzene rings is 2. The Kier molecular flexibility index (Phi) is 6.21. The lowest BCUT2D eigenvalue weighted by atomic mass is 10.0. The van der Waals surface area contributed by atoms with Crippen LogP contribution in [0.2, 0.25) is 0 Å². The van der Waals surface area contributed by atoms with Crippen LogP contribution in [0.1, 0.15) is 16.7 Å². The van der Waals surface area contributed by atoms with Crippen molar-refractivity contribution in [2.24, 2.45) is 5.73 Å². The van der Waals surface area contributed by atoms with Gasteiger partial charge in [0, 0.05) is 5.56 Å². The van der Waals surface area contributed by atoms with Crippen LogP contribution in [0.3, 0.4) is 0 Å². The van der Waals surface area contributed by atoms with Crippen LogP contribution < -0.4 is 15.2 Å². The number of nitrogens with two attached hydrogens (primary N) is 1. The second kappa shape index (κ2) is 8.36. The molecule has 0 heterocycles. The molecule has 2 rings (SSSR count). The Labute approximate surface area is 142 Å². The molecule has 0 bridgehead atoms. The van der Waals surface area contributed by atoms with E-state index in [0.717, 1.165) is 22.6 Å². The van der Waals surface area contributed by atoms with Crippen molar-refractivity contribution in [1.82, 2.24) is 0 Å². The maximum absolute atomic E-state index is 11.5. The summed E-state index contributed by atoms with van der Waals surface area (Å²) in [6.45, 7) is 2.40. The molecule has 1 atom stereocenters. The summed E-state index contributed by atoms with van der Waals surface area (Å²) in [5.74, 6) is 1.10. The van der Waals surface area contributed by atoms with E-state index >= 15 is 0 Å². The number of methoxy groups -OCH3 is 2. The summed E-state index contributed by atoms with van der Waals surface area (Å²) in [5, 5.41) is 0. The molecular formula is C19H23NO4. The molecule has 0 saturated carbocycles. The van der Waals surface area contributed by atoms with Gasteiger partial charge in [0.1, 0.15) is 24.1 Å². The Morgan fingerprint density at radius 2 is 1.83 bits per heavy atom. The fraction of sp³-hybridized carbons (Fsp3) is 0.316. The molecule has 5 nitrogen and oxygen atoms in total. The van der Waals surface area contributed by atoms with Gasteiger partial charge < -0.3 is 19.9 Å². The van der Waals surface area contributed by atoms with Crippen LogP contribution in [-0.4, -0.2) is 26.2 Å². The van der Waals surface area contributed by atoms with Crippen LogP contribution in [0.15, 0.2) is 42.5 Å². The Balaban J connectivity index is 2.10. The number of esters is 1. The number of hydrogen-bond donors (Lipinski definition) is 1. The number of hydrogen-bond acceptors (Lipinski definition) is 5. The Morgan fingerprint density at radius 3 is 2.46 bits per heavy atom. The minimum absolute atomic E-state index is 0.369. The summed E-state index contributed by atoms with van der Waals surface area (Å²) in [5.41, 5.74) is 8.82. The zero-order valence-electron chi connectivity index (χ0n) is 14.2. The first-order chi connectivity index (χ1) is 11.5. The lowest BCUT2D eigenvalue weighted by Gasteiger charge is -2.14. The van der Waals surface area contributed by atoms with Crippen molar-refractivity contribution in [3.05, 3.63) is 59.2 Å². The molecule has 0 aliphatic rings. The molecule has 0 aliphatic carbocycles. The third-order valence-electron chi connectivity index (χ3n) is 3.72. The molecule has 24 heavy (non-hydrogen) atoms. The van der Waals surface area contributed by atoms with Gasteiger partial charge in [0.15, 0.2) is 0 Å². The average molecular weight is 329 g/mol. The molecule has 2 aromatic carbocycles. The molecule has 2 aromatic rings. The summed E-state index contributed by atoms with van der Waals surface area (Å²) in [4.78, 5) is 11.5. The molecule has 5 heteroatoms. The first-order valence-electron chi connectivity index (χ1n) is 7.72. The second-order valence-corrected chi connectivity index (χ2v) is 5.58. The van der Waals surface area contributed by atoms with Crippen molar-refractivity contribution in [3.8, 4) is 11.5 Å². The maximum Gasteiger partial charge on any atom is 0.322 e. The van der Waals surface area contributed by atoms with Gasteiger partial charge in [-0.25, -0.2) is 0 Å². The molecule has 2 N–H and O–H groups in total. The highest BCUT2D eigenvalue weighted by Crippen LogP contribution is 2.23. The first-order valence-corrected chi connectivity index (χ1v) is 7.72. The van der Waals surface area contributed by atoms with Gasteiger partial charge in [-0.1, -0.05) is 23.8 Å². The molecule has 0 aromatic heterocycles. The van der Waals surface area contributed by atoms with E-state index in [9.17, 15) is 4.79 Å². The summed E-state index contributed by atoms with van der Waals surface area (Å²) in [6.07, 6.45) is 0.397. The fourth-order valence-corrected chi connectivity index (χ4v) is 2.36. The van der Waals surface area contributed by atoms with Crippen LogP contribution in [0.5, 0.6) is 11.5 Å². The highest BCUT2D eigenvalue weighted by atomic mass is 16.5. The van der Waals surface area contributed by atoms with E-state index in [1.54, 1.807) is 7.11 Å².